The molecule has 1 atom stereocenters. The van der Waals surface area contributed by atoms with Crippen molar-refractivity contribution in [2.75, 3.05) is 31.1 Å². The summed E-state index contributed by atoms with van der Waals surface area (Å²) in [6.07, 6.45) is 6.92. The minimum atomic E-state index is -0.601. The lowest BCUT2D eigenvalue weighted by Gasteiger charge is -2.36. The molecule has 0 N–H and O–H groups in total. The molecule has 1 fully saturated rings. The number of aromatic nitrogens is 1. The first-order valence-corrected chi connectivity index (χ1v) is 11.8. The zero-order valence-electron chi connectivity index (χ0n) is 19.6. The zero-order valence-corrected chi connectivity index (χ0v) is 21.2. The van der Waals surface area contributed by atoms with Crippen LogP contribution in [-0.2, 0) is 10.2 Å². The van der Waals surface area contributed by atoms with Crippen molar-refractivity contribution in [3.63, 3.8) is 0 Å². The molecular weight excluding hydrogens is 465 g/mol. The van der Waals surface area contributed by atoms with Crippen LogP contribution in [0.4, 0.5) is 5.69 Å². The number of likely N-dealkylation sites (tertiary alicyclic amines) is 1. The van der Waals surface area contributed by atoms with E-state index in [1.54, 1.807) is 0 Å². The third kappa shape index (κ3) is 4.59. The molecule has 2 aromatic carbocycles. The van der Waals surface area contributed by atoms with Gasteiger partial charge in [0.15, 0.2) is 0 Å². The van der Waals surface area contributed by atoms with Gasteiger partial charge in [0.1, 0.15) is 5.41 Å². The van der Waals surface area contributed by atoms with Gasteiger partial charge in [0, 0.05) is 24.6 Å². The number of hydrogen-bond acceptors (Lipinski definition) is 3. The zero-order chi connectivity index (χ0) is 22.0. The van der Waals surface area contributed by atoms with Gasteiger partial charge in [-0.15, -0.1) is 24.8 Å². The molecule has 1 saturated heterocycles. The maximum atomic E-state index is 13.9. The Balaban J connectivity index is 0.00000162. The Bertz CT molecular complexity index is 1070. The number of halogens is 2. The highest BCUT2D eigenvalue weighted by Gasteiger charge is 2.51. The van der Waals surface area contributed by atoms with Crippen molar-refractivity contribution in [1.29, 1.82) is 0 Å². The van der Waals surface area contributed by atoms with E-state index >= 15 is 0 Å². The van der Waals surface area contributed by atoms with E-state index in [0.717, 1.165) is 55.7 Å². The molecule has 0 saturated carbocycles. The van der Waals surface area contributed by atoms with E-state index in [0.29, 0.717) is 12.5 Å². The van der Waals surface area contributed by atoms with Crippen LogP contribution in [0.2, 0.25) is 0 Å². The van der Waals surface area contributed by atoms with Gasteiger partial charge in [-0.3, -0.25) is 9.78 Å². The molecule has 0 bridgehead atoms. The normalized spacial score (nSPS) is 20.4. The summed E-state index contributed by atoms with van der Waals surface area (Å²) in [7, 11) is 0. The summed E-state index contributed by atoms with van der Waals surface area (Å²) in [5.74, 6) is 0.834. The van der Waals surface area contributed by atoms with Crippen LogP contribution < -0.4 is 4.90 Å². The van der Waals surface area contributed by atoms with Crippen LogP contribution in [0, 0.1) is 0 Å². The quantitative estimate of drug-likeness (QED) is 0.428. The fourth-order valence-electron chi connectivity index (χ4n) is 5.68. The number of anilines is 1. The van der Waals surface area contributed by atoms with Crippen LogP contribution in [0.1, 0.15) is 48.8 Å². The second kappa shape index (κ2) is 11.4. The predicted molar refractivity (Wildman–Crippen MR) is 143 cm³/mol. The number of likely N-dealkylation sites (N-methyl/N-ethyl adjacent to an activating group) is 1. The molecule has 1 amide bonds. The monoisotopic (exact) mass is 497 g/mol. The van der Waals surface area contributed by atoms with E-state index in [-0.39, 0.29) is 30.7 Å². The van der Waals surface area contributed by atoms with Gasteiger partial charge >= 0.3 is 0 Å². The summed E-state index contributed by atoms with van der Waals surface area (Å²) in [4.78, 5) is 22.6. The molecule has 34 heavy (non-hydrogen) atoms. The molecule has 0 aliphatic carbocycles. The summed E-state index contributed by atoms with van der Waals surface area (Å²) in [6.45, 7) is 5.84. The lowest BCUT2D eigenvalue weighted by Crippen LogP contribution is -2.44. The lowest BCUT2D eigenvalue weighted by molar-refractivity contribution is -0.122. The summed E-state index contributed by atoms with van der Waals surface area (Å²) in [6, 6.07) is 23.1. The van der Waals surface area contributed by atoms with Crippen LogP contribution in [0.15, 0.2) is 79.1 Å². The Morgan fingerprint density at radius 2 is 1.56 bits per heavy atom. The standard InChI is InChI=1S/C28H31N3O.2ClH/c1-2-31-26-11-7-6-10-25(26)28(27(31)32,24-8-4-3-5-9-24)16-21-30-19-14-23(15-20-30)22-12-17-29-18-13-22;;/h3-13,17-18,23H,2,14-16,19-21H2,1H3;2*1H. The SMILES string of the molecule is CCN1C(=O)C(CCN2CCC(c3ccncc3)CC2)(c2ccccc2)c2ccccc21.Cl.Cl. The van der Waals surface area contributed by atoms with Crippen LogP contribution in [0.3, 0.4) is 0 Å². The van der Waals surface area contributed by atoms with Crippen molar-refractivity contribution < 1.29 is 4.79 Å². The highest BCUT2D eigenvalue weighted by molar-refractivity contribution is 6.10. The molecule has 4 nitrogen and oxygen atoms in total. The van der Waals surface area contributed by atoms with Crippen molar-refractivity contribution in [2.24, 2.45) is 0 Å². The molecule has 6 heteroatoms. The number of piperidine rings is 1. The number of carbonyl (C=O) groups is 1. The molecule has 0 radical (unpaired) electrons. The van der Waals surface area contributed by atoms with Crippen molar-refractivity contribution in [3.05, 3.63) is 95.8 Å². The highest BCUT2D eigenvalue weighted by atomic mass is 35.5. The van der Waals surface area contributed by atoms with E-state index in [9.17, 15) is 4.79 Å². The van der Waals surface area contributed by atoms with Gasteiger partial charge in [-0.2, -0.15) is 0 Å². The van der Waals surface area contributed by atoms with E-state index < -0.39 is 5.41 Å². The van der Waals surface area contributed by atoms with Crippen LogP contribution in [0.25, 0.3) is 0 Å². The highest BCUT2D eigenvalue weighted by Crippen LogP contribution is 2.48. The molecule has 3 aromatic rings. The summed E-state index contributed by atoms with van der Waals surface area (Å²) >= 11 is 0. The van der Waals surface area contributed by atoms with Crippen molar-refractivity contribution >= 4 is 36.4 Å². The molecule has 1 aromatic heterocycles. The number of pyridine rings is 1. The molecular formula is C28H33Cl2N3O. The first kappa shape index (κ1) is 26.2. The summed E-state index contributed by atoms with van der Waals surface area (Å²) in [5.41, 5.74) is 4.14. The largest absolute Gasteiger partial charge is 0.311 e. The first-order chi connectivity index (χ1) is 15.7. The molecule has 1 unspecified atom stereocenters. The van der Waals surface area contributed by atoms with Gasteiger partial charge in [-0.1, -0.05) is 48.5 Å². The van der Waals surface area contributed by atoms with Gasteiger partial charge in [-0.05, 0) is 86.6 Å². The van der Waals surface area contributed by atoms with Crippen molar-refractivity contribution in [3.8, 4) is 0 Å². The van der Waals surface area contributed by atoms with E-state index in [2.05, 4.69) is 71.4 Å². The minimum absolute atomic E-state index is 0. The fraction of sp³-hybridized carbons (Fsp3) is 0.357. The van der Waals surface area contributed by atoms with E-state index in [1.807, 2.05) is 29.4 Å². The average molecular weight is 498 g/mol. The molecule has 2 aliphatic heterocycles. The van der Waals surface area contributed by atoms with Crippen molar-refractivity contribution in [1.82, 2.24) is 9.88 Å². The number of rotatable bonds is 6. The number of carbonyl (C=O) groups excluding carboxylic acids is 1. The predicted octanol–water partition coefficient (Wildman–Crippen LogP) is 5.85. The molecule has 180 valence electrons. The average Bonchev–Trinajstić information content (AvgIpc) is 3.12. The Morgan fingerprint density at radius 1 is 0.912 bits per heavy atom. The van der Waals surface area contributed by atoms with Gasteiger partial charge in [0.2, 0.25) is 5.91 Å². The Morgan fingerprint density at radius 3 is 2.24 bits per heavy atom. The maximum absolute atomic E-state index is 13.9. The topological polar surface area (TPSA) is 36.4 Å². The maximum Gasteiger partial charge on any atom is 0.242 e. The second-order valence-corrected chi connectivity index (χ2v) is 8.98. The van der Waals surface area contributed by atoms with Gasteiger partial charge in [0.25, 0.3) is 0 Å². The van der Waals surface area contributed by atoms with Gasteiger partial charge in [-0.25, -0.2) is 0 Å². The van der Waals surface area contributed by atoms with Gasteiger partial charge < -0.3 is 9.80 Å². The number of para-hydroxylation sites is 1. The van der Waals surface area contributed by atoms with Crippen LogP contribution in [0.5, 0.6) is 0 Å². The first-order valence-electron chi connectivity index (χ1n) is 11.8. The van der Waals surface area contributed by atoms with E-state index in [4.69, 9.17) is 0 Å². The van der Waals surface area contributed by atoms with Gasteiger partial charge in [0.05, 0.1) is 0 Å². The number of amides is 1. The number of fused-ring (bicyclic) bond motifs is 1. The molecule has 5 rings (SSSR count). The van der Waals surface area contributed by atoms with Crippen LogP contribution in [-0.4, -0.2) is 42.0 Å². The Kier molecular flexibility index (Phi) is 8.75. The Hall–Kier alpha value is -2.40. The van der Waals surface area contributed by atoms with E-state index in [1.165, 1.54) is 5.56 Å². The number of benzene rings is 2. The fourth-order valence-corrected chi connectivity index (χ4v) is 5.68. The third-order valence-corrected chi connectivity index (χ3v) is 7.42. The molecule has 0 spiro atoms. The molecule has 2 aliphatic rings. The van der Waals surface area contributed by atoms with Crippen molar-refractivity contribution in [2.45, 2.75) is 37.5 Å². The third-order valence-electron chi connectivity index (χ3n) is 7.42. The second-order valence-electron chi connectivity index (χ2n) is 8.98. The molecule has 3 heterocycles. The number of nitrogens with zero attached hydrogens (tertiary/aromatic N) is 3. The summed E-state index contributed by atoms with van der Waals surface area (Å²) < 4.78 is 0. The smallest absolute Gasteiger partial charge is 0.242 e. The number of hydrogen-bond donors (Lipinski definition) is 0. The van der Waals surface area contributed by atoms with Crippen LogP contribution >= 0.6 is 24.8 Å². The Labute approximate surface area is 215 Å². The summed E-state index contributed by atoms with van der Waals surface area (Å²) in [5, 5.41) is 0. The lowest BCUT2D eigenvalue weighted by atomic mass is 9.72. The minimum Gasteiger partial charge on any atom is -0.311 e.